The van der Waals surface area contributed by atoms with Crippen LogP contribution in [0.25, 0.3) is 0 Å². The molecular formula is C15H23N3O2S. The number of thiazole rings is 1. The van der Waals surface area contributed by atoms with Crippen LogP contribution in [-0.4, -0.2) is 33.8 Å². The number of nitrogens with zero attached hydrogens (tertiary/aromatic N) is 2. The average molecular weight is 309 g/mol. The second-order valence-electron chi connectivity index (χ2n) is 6.08. The summed E-state index contributed by atoms with van der Waals surface area (Å²) in [4.78, 5) is 32.0. The summed E-state index contributed by atoms with van der Waals surface area (Å²) in [7, 11) is 0. The summed E-state index contributed by atoms with van der Waals surface area (Å²) in [5.74, 6) is 0.283. The highest BCUT2D eigenvalue weighted by Gasteiger charge is 2.38. The van der Waals surface area contributed by atoms with Crippen molar-refractivity contribution in [1.82, 2.24) is 15.2 Å². The summed E-state index contributed by atoms with van der Waals surface area (Å²) in [5, 5.41) is 3.72. The summed E-state index contributed by atoms with van der Waals surface area (Å²) in [6.07, 6.45) is 0.670. The first-order valence-corrected chi connectivity index (χ1v) is 8.15. The van der Waals surface area contributed by atoms with Crippen molar-refractivity contribution in [2.75, 3.05) is 0 Å². The van der Waals surface area contributed by atoms with E-state index in [4.69, 9.17) is 0 Å². The molecule has 2 heterocycles. The van der Waals surface area contributed by atoms with Crippen molar-refractivity contribution in [3.05, 3.63) is 15.6 Å². The largest absolute Gasteiger partial charge is 0.343 e. The normalized spacial score (nSPS) is 22.9. The van der Waals surface area contributed by atoms with E-state index in [-0.39, 0.29) is 11.8 Å². The van der Waals surface area contributed by atoms with Gasteiger partial charge in [0.25, 0.3) is 0 Å². The molecule has 21 heavy (non-hydrogen) atoms. The fourth-order valence-corrected chi connectivity index (χ4v) is 3.42. The van der Waals surface area contributed by atoms with Gasteiger partial charge in [-0.25, -0.2) is 4.98 Å². The summed E-state index contributed by atoms with van der Waals surface area (Å²) in [6, 6.07) is -0.846. The van der Waals surface area contributed by atoms with Gasteiger partial charge in [-0.2, -0.15) is 0 Å². The maximum absolute atomic E-state index is 12.6. The van der Waals surface area contributed by atoms with Crippen molar-refractivity contribution in [2.24, 2.45) is 5.92 Å². The molecule has 0 aromatic carbocycles. The molecule has 1 aromatic heterocycles. The fourth-order valence-electron chi connectivity index (χ4n) is 2.49. The van der Waals surface area contributed by atoms with Gasteiger partial charge in [0, 0.05) is 4.88 Å². The number of nitrogens with one attached hydrogen (secondary N) is 1. The van der Waals surface area contributed by atoms with Crippen molar-refractivity contribution in [2.45, 2.75) is 59.7 Å². The second-order valence-corrected chi connectivity index (χ2v) is 7.37. The number of hydrogen-bond donors (Lipinski definition) is 1. The van der Waals surface area contributed by atoms with Crippen LogP contribution in [0.4, 0.5) is 0 Å². The van der Waals surface area contributed by atoms with Gasteiger partial charge >= 0.3 is 0 Å². The highest BCUT2D eigenvalue weighted by Crippen LogP contribution is 2.22. The minimum absolute atomic E-state index is 0.00121. The monoisotopic (exact) mass is 309 g/mol. The molecular weight excluding hydrogens is 286 g/mol. The summed E-state index contributed by atoms with van der Waals surface area (Å²) in [5.41, 5.74) is 0.996. The Morgan fingerprint density at radius 2 is 2.00 bits per heavy atom. The van der Waals surface area contributed by atoms with E-state index in [0.29, 0.717) is 18.9 Å². The van der Waals surface area contributed by atoms with Crippen LogP contribution in [0.1, 0.15) is 42.8 Å². The maximum Gasteiger partial charge on any atom is 0.246 e. The molecule has 0 radical (unpaired) electrons. The van der Waals surface area contributed by atoms with Crippen molar-refractivity contribution in [3.63, 3.8) is 0 Å². The predicted molar refractivity (Wildman–Crippen MR) is 83.0 cm³/mol. The molecule has 2 amide bonds. The van der Waals surface area contributed by atoms with Gasteiger partial charge in [0.2, 0.25) is 11.8 Å². The molecule has 1 aromatic rings. The van der Waals surface area contributed by atoms with Gasteiger partial charge in [0.1, 0.15) is 17.1 Å². The molecule has 0 saturated carbocycles. The summed E-state index contributed by atoms with van der Waals surface area (Å²) < 4.78 is 0. The van der Waals surface area contributed by atoms with Crippen molar-refractivity contribution in [1.29, 1.82) is 0 Å². The Bertz CT molecular complexity index is 534. The molecule has 0 spiro atoms. The zero-order chi connectivity index (χ0) is 15.7. The Morgan fingerprint density at radius 1 is 1.33 bits per heavy atom. The topological polar surface area (TPSA) is 62.3 Å². The van der Waals surface area contributed by atoms with E-state index in [1.807, 2.05) is 13.8 Å². The number of aromatic nitrogens is 1. The lowest BCUT2D eigenvalue weighted by Crippen LogP contribution is -2.62. The van der Waals surface area contributed by atoms with Crippen LogP contribution in [0.5, 0.6) is 0 Å². The quantitative estimate of drug-likeness (QED) is 0.925. The molecule has 1 N–H and O–H groups in total. The lowest BCUT2D eigenvalue weighted by molar-refractivity contribution is -0.149. The van der Waals surface area contributed by atoms with E-state index in [1.165, 1.54) is 0 Å². The third-order valence-corrected chi connectivity index (χ3v) is 4.89. The predicted octanol–water partition coefficient (Wildman–Crippen LogP) is 2.02. The number of rotatable bonds is 4. The van der Waals surface area contributed by atoms with Crippen LogP contribution in [0.15, 0.2) is 0 Å². The molecule has 1 fully saturated rings. The van der Waals surface area contributed by atoms with Crippen LogP contribution < -0.4 is 5.32 Å². The molecule has 2 atom stereocenters. The van der Waals surface area contributed by atoms with E-state index >= 15 is 0 Å². The molecule has 1 aliphatic heterocycles. The van der Waals surface area contributed by atoms with Crippen molar-refractivity contribution in [3.8, 4) is 0 Å². The minimum Gasteiger partial charge on any atom is -0.343 e. The Hall–Kier alpha value is -1.43. The molecule has 2 unspecified atom stereocenters. The van der Waals surface area contributed by atoms with Gasteiger partial charge < -0.3 is 10.2 Å². The first-order chi connectivity index (χ1) is 9.79. The van der Waals surface area contributed by atoms with Crippen LogP contribution in [0.3, 0.4) is 0 Å². The summed E-state index contributed by atoms with van der Waals surface area (Å²) >= 11 is 1.59. The first kappa shape index (κ1) is 15.9. The molecule has 1 saturated heterocycles. The SMILES string of the molecule is Cc1nc(CN2C(=O)C(CC(C)C)NC(=O)C2C)sc1C. The molecule has 6 heteroatoms. The highest BCUT2D eigenvalue weighted by molar-refractivity contribution is 7.11. The number of piperazine rings is 1. The van der Waals surface area contributed by atoms with Crippen LogP contribution in [-0.2, 0) is 16.1 Å². The van der Waals surface area contributed by atoms with E-state index in [1.54, 1.807) is 23.2 Å². The number of carbonyl (C=O) groups is 2. The number of aryl methyl sites for hydroxylation is 2. The van der Waals surface area contributed by atoms with Gasteiger partial charge in [-0.15, -0.1) is 11.3 Å². The zero-order valence-electron chi connectivity index (χ0n) is 13.3. The molecule has 116 valence electrons. The van der Waals surface area contributed by atoms with E-state index in [9.17, 15) is 9.59 Å². The zero-order valence-corrected chi connectivity index (χ0v) is 14.1. The van der Waals surface area contributed by atoms with Gasteiger partial charge in [-0.3, -0.25) is 9.59 Å². The lowest BCUT2D eigenvalue weighted by Gasteiger charge is -2.37. The number of carbonyl (C=O) groups excluding carboxylic acids is 2. The Balaban J connectivity index is 2.18. The van der Waals surface area contributed by atoms with E-state index < -0.39 is 12.1 Å². The van der Waals surface area contributed by atoms with Crippen molar-refractivity contribution < 1.29 is 9.59 Å². The van der Waals surface area contributed by atoms with Gasteiger partial charge in [0.15, 0.2) is 0 Å². The number of amides is 2. The summed E-state index contributed by atoms with van der Waals surface area (Å²) in [6.45, 7) is 10.3. The van der Waals surface area contributed by atoms with E-state index in [0.717, 1.165) is 15.6 Å². The smallest absolute Gasteiger partial charge is 0.246 e. The van der Waals surface area contributed by atoms with E-state index in [2.05, 4.69) is 24.1 Å². The Morgan fingerprint density at radius 3 is 2.52 bits per heavy atom. The third-order valence-electron chi connectivity index (χ3n) is 3.83. The molecule has 0 aliphatic carbocycles. The molecule has 2 rings (SSSR count). The lowest BCUT2D eigenvalue weighted by atomic mass is 9.99. The number of hydrogen-bond acceptors (Lipinski definition) is 4. The van der Waals surface area contributed by atoms with Gasteiger partial charge in [-0.1, -0.05) is 13.8 Å². The average Bonchev–Trinajstić information content (AvgIpc) is 2.70. The Labute approximate surface area is 129 Å². The third kappa shape index (κ3) is 3.43. The fraction of sp³-hybridized carbons (Fsp3) is 0.667. The first-order valence-electron chi connectivity index (χ1n) is 7.33. The maximum atomic E-state index is 12.6. The Kier molecular flexibility index (Phi) is 4.66. The van der Waals surface area contributed by atoms with Crippen LogP contribution in [0.2, 0.25) is 0 Å². The standard InChI is InChI=1S/C15H23N3O2S/c1-8(2)6-12-15(20)18(10(4)14(19)17-12)7-13-16-9(3)11(5)21-13/h8,10,12H,6-7H2,1-5H3,(H,17,19). The molecule has 1 aliphatic rings. The highest BCUT2D eigenvalue weighted by atomic mass is 32.1. The van der Waals surface area contributed by atoms with Crippen molar-refractivity contribution >= 4 is 23.2 Å². The van der Waals surface area contributed by atoms with Gasteiger partial charge in [0.05, 0.1) is 12.2 Å². The second kappa shape index (κ2) is 6.13. The molecule has 5 nitrogen and oxygen atoms in total. The molecule has 0 bridgehead atoms. The van der Waals surface area contributed by atoms with Gasteiger partial charge in [-0.05, 0) is 33.1 Å². The van der Waals surface area contributed by atoms with Crippen LogP contribution >= 0.6 is 11.3 Å². The minimum atomic E-state index is -0.439. The van der Waals surface area contributed by atoms with Crippen LogP contribution in [0, 0.1) is 19.8 Å².